The van der Waals surface area contributed by atoms with E-state index in [2.05, 4.69) is 21.8 Å². The van der Waals surface area contributed by atoms with Crippen LogP contribution < -0.4 is 9.62 Å². The van der Waals surface area contributed by atoms with E-state index in [1.165, 1.54) is 7.05 Å². The third-order valence-corrected chi connectivity index (χ3v) is 5.71. The van der Waals surface area contributed by atoms with Crippen LogP contribution in [0.25, 0.3) is 0 Å². The summed E-state index contributed by atoms with van der Waals surface area (Å²) in [5.41, 5.74) is 3.15. The number of nitrogens with one attached hydrogen (secondary N) is 1. The third kappa shape index (κ3) is 3.18. The molecular weight excluding hydrogens is 312 g/mol. The van der Waals surface area contributed by atoms with Crippen molar-refractivity contribution in [3.8, 4) is 5.75 Å². The summed E-state index contributed by atoms with van der Waals surface area (Å²) in [6.07, 6.45) is 1.52. The molecule has 122 valence electrons. The number of phenols is 1. The van der Waals surface area contributed by atoms with Gasteiger partial charge in [0.25, 0.3) is 0 Å². The molecule has 1 heterocycles. The Hall–Kier alpha value is -2.05. The van der Waals surface area contributed by atoms with E-state index in [0.717, 1.165) is 42.7 Å². The Labute approximate surface area is 136 Å². The van der Waals surface area contributed by atoms with Crippen LogP contribution in [0.3, 0.4) is 0 Å². The van der Waals surface area contributed by atoms with E-state index in [4.69, 9.17) is 0 Å². The van der Waals surface area contributed by atoms with Crippen LogP contribution in [0, 0.1) is 0 Å². The molecule has 5 nitrogen and oxygen atoms in total. The molecule has 0 spiro atoms. The number of phenolic OH excluding ortho intramolecular Hbond substituents is 1. The number of rotatable bonds is 3. The lowest BCUT2D eigenvalue weighted by atomic mass is 10.0. The fourth-order valence-electron chi connectivity index (χ4n) is 2.96. The van der Waals surface area contributed by atoms with E-state index < -0.39 is 10.0 Å². The number of hydrogen-bond donors (Lipinski definition) is 2. The average Bonchev–Trinajstić information content (AvgIpc) is 2.77. The SMILES string of the molecule is CNS(=O)(=O)c1cc2c(cc1O)CCN(c1ccccc1)CC2. The van der Waals surface area contributed by atoms with Crippen molar-refractivity contribution >= 4 is 15.7 Å². The minimum atomic E-state index is -3.65. The van der Waals surface area contributed by atoms with E-state index in [1.54, 1.807) is 12.1 Å². The highest BCUT2D eigenvalue weighted by Gasteiger charge is 2.22. The highest BCUT2D eigenvalue weighted by molar-refractivity contribution is 7.89. The van der Waals surface area contributed by atoms with E-state index >= 15 is 0 Å². The Bertz CT molecular complexity index is 804. The maximum Gasteiger partial charge on any atom is 0.243 e. The lowest BCUT2D eigenvalue weighted by Gasteiger charge is -2.22. The zero-order valence-corrected chi connectivity index (χ0v) is 13.8. The van der Waals surface area contributed by atoms with Crippen molar-refractivity contribution in [2.75, 3.05) is 25.0 Å². The van der Waals surface area contributed by atoms with E-state index in [1.807, 2.05) is 18.2 Å². The van der Waals surface area contributed by atoms with Gasteiger partial charge in [-0.25, -0.2) is 13.1 Å². The smallest absolute Gasteiger partial charge is 0.243 e. The van der Waals surface area contributed by atoms with Gasteiger partial charge in [0.1, 0.15) is 10.6 Å². The number of hydrogen-bond acceptors (Lipinski definition) is 4. The third-order valence-electron chi connectivity index (χ3n) is 4.26. The molecule has 2 aromatic rings. The maximum atomic E-state index is 12.0. The second kappa shape index (κ2) is 6.22. The van der Waals surface area contributed by atoms with Gasteiger partial charge in [0.05, 0.1) is 0 Å². The molecule has 6 heteroatoms. The fraction of sp³-hybridized carbons (Fsp3) is 0.294. The first kappa shape index (κ1) is 15.8. The molecule has 2 N–H and O–H groups in total. The first-order valence-corrected chi connectivity index (χ1v) is 9.08. The molecule has 0 radical (unpaired) electrons. The van der Waals surface area contributed by atoms with Crippen LogP contribution in [0.15, 0.2) is 47.4 Å². The lowest BCUT2D eigenvalue weighted by molar-refractivity contribution is 0.457. The predicted molar refractivity (Wildman–Crippen MR) is 90.4 cm³/mol. The zero-order chi connectivity index (χ0) is 16.4. The highest BCUT2D eigenvalue weighted by Crippen LogP contribution is 2.29. The van der Waals surface area contributed by atoms with Gasteiger partial charge in [-0.15, -0.1) is 0 Å². The Morgan fingerprint density at radius 2 is 1.65 bits per heavy atom. The van der Waals surface area contributed by atoms with Crippen LogP contribution in [0.1, 0.15) is 11.1 Å². The monoisotopic (exact) mass is 332 g/mol. The number of para-hydroxylation sites is 1. The van der Waals surface area contributed by atoms with Crippen molar-refractivity contribution in [2.45, 2.75) is 17.7 Å². The number of anilines is 1. The molecule has 0 saturated carbocycles. The van der Waals surface area contributed by atoms with Crippen LogP contribution >= 0.6 is 0 Å². The molecule has 23 heavy (non-hydrogen) atoms. The molecule has 3 rings (SSSR count). The van der Waals surface area contributed by atoms with E-state index in [0.29, 0.717) is 0 Å². The van der Waals surface area contributed by atoms with Crippen LogP contribution in [0.2, 0.25) is 0 Å². The van der Waals surface area contributed by atoms with E-state index in [-0.39, 0.29) is 10.6 Å². The molecule has 0 bridgehead atoms. The van der Waals surface area contributed by atoms with Gasteiger partial charge in [0, 0.05) is 18.8 Å². The average molecular weight is 332 g/mol. The van der Waals surface area contributed by atoms with Crippen molar-refractivity contribution in [2.24, 2.45) is 0 Å². The number of fused-ring (bicyclic) bond motifs is 1. The van der Waals surface area contributed by atoms with Gasteiger partial charge < -0.3 is 10.0 Å². The van der Waals surface area contributed by atoms with Crippen LogP contribution in [-0.4, -0.2) is 33.7 Å². The Kier molecular flexibility index (Phi) is 4.28. The molecule has 0 atom stereocenters. The van der Waals surface area contributed by atoms with E-state index in [9.17, 15) is 13.5 Å². The number of sulfonamides is 1. The Morgan fingerprint density at radius 3 is 2.26 bits per heavy atom. The second-order valence-corrected chi connectivity index (χ2v) is 7.47. The molecule has 0 saturated heterocycles. The van der Waals surface area contributed by atoms with Crippen LogP contribution in [0.5, 0.6) is 5.75 Å². The normalized spacial score (nSPS) is 15.1. The zero-order valence-electron chi connectivity index (χ0n) is 13.0. The van der Waals surface area contributed by atoms with Crippen molar-refractivity contribution in [3.05, 3.63) is 53.6 Å². The van der Waals surface area contributed by atoms with Gasteiger partial charge in [-0.1, -0.05) is 18.2 Å². The molecule has 0 fully saturated rings. The number of benzene rings is 2. The first-order chi connectivity index (χ1) is 11.0. The minimum Gasteiger partial charge on any atom is -0.507 e. The summed E-state index contributed by atoms with van der Waals surface area (Å²) < 4.78 is 26.3. The highest BCUT2D eigenvalue weighted by atomic mass is 32.2. The quantitative estimate of drug-likeness (QED) is 0.901. The molecule has 1 aliphatic rings. The lowest BCUT2D eigenvalue weighted by Crippen LogP contribution is -2.25. The van der Waals surface area contributed by atoms with Crippen molar-refractivity contribution in [1.82, 2.24) is 4.72 Å². The van der Waals surface area contributed by atoms with Crippen LogP contribution in [0.4, 0.5) is 5.69 Å². The van der Waals surface area contributed by atoms with Crippen molar-refractivity contribution in [1.29, 1.82) is 0 Å². The molecule has 0 aliphatic carbocycles. The summed E-state index contributed by atoms with van der Waals surface area (Å²) in [6, 6.07) is 13.4. The largest absolute Gasteiger partial charge is 0.507 e. The maximum absolute atomic E-state index is 12.0. The number of aromatic hydroxyl groups is 1. The van der Waals surface area contributed by atoms with Gasteiger partial charge in [-0.05, 0) is 55.3 Å². The minimum absolute atomic E-state index is 0.0492. The predicted octanol–water partition coefficient (Wildman–Crippen LogP) is 1.91. The standard InChI is InChI=1S/C17H20N2O3S/c1-18-23(21,22)17-12-14-8-10-19(15-5-3-2-4-6-15)9-7-13(14)11-16(17)20/h2-6,11-12,18,20H,7-10H2,1H3. The van der Waals surface area contributed by atoms with Crippen LogP contribution in [-0.2, 0) is 22.9 Å². The molecular formula is C17H20N2O3S. The van der Waals surface area contributed by atoms with Gasteiger partial charge in [-0.3, -0.25) is 0 Å². The fourth-order valence-corrected chi connectivity index (χ4v) is 3.82. The summed E-state index contributed by atoms with van der Waals surface area (Å²) in [5, 5.41) is 10.1. The molecule has 2 aromatic carbocycles. The molecule has 0 amide bonds. The second-order valence-electron chi connectivity index (χ2n) is 5.62. The topological polar surface area (TPSA) is 69.6 Å². The first-order valence-electron chi connectivity index (χ1n) is 7.59. The van der Waals surface area contributed by atoms with Crippen molar-refractivity contribution in [3.63, 3.8) is 0 Å². The molecule has 0 aromatic heterocycles. The Balaban J connectivity index is 1.92. The van der Waals surface area contributed by atoms with Gasteiger partial charge >= 0.3 is 0 Å². The summed E-state index contributed by atoms with van der Waals surface area (Å²) in [5.74, 6) is -0.189. The summed E-state index contributed by atoms with van der Waals surface area (Å²) in [7, 11) is -2.31. The van der Waals surface area contributed by atoms with Gasteiger partial charge in [0.2, 0.25) is 10.0 Å². The molecule has 1 aliphatic heterocycles. The Morgan fingerprint density at radius 1 is 1.04 bits per heavy atom. The summed E-state index contributed by atoms with van der Waals surface area (Å²) in [4.78, 5) is 2.23. The van der Waals surface area contributed by atoms with Gasteiger partial charge in [0.15, 0.2) is 0 Å². The van der Waals surface area contributed by atoms with Gasteiger partial charge in [-0.2, -0.15) is 0 Å². The number of nitrogens with zero attached hydrogens (tertiary/aromatic N) is 1. The van der Waals surface area contributed by atoms with Crippen molar-refractivity contribution < 1.29 is 13.5 Å². The molecule has 0 unspecified atom stereocenters. The summed E-state index contributed by atoms with van der Waals surface area (Å²) >= 11 is 0. The summed E-state index contributed by atoms with van der Waals surface area (Å²) in [6.45, 7) is 1.66.